The summed E-state index contributed by atoms with van der Waals surface area (Å²) in [6.07, 6.45) is -0.138. The zero-order chi connectivity index (χ0) is 19.9. The molecule has 0 saturated carbocycles. The van der Waals surface area contributed by atoms with Gasteiger partial charge in [-0.25, -0.2) is 4.79 Å². The summed E-state index contributed by atoms with van der Waals surface area (Å²) in [6.45, 7) is 7.39. The van der Waals surface area contributed by atoms with Crippen LogP contribution in [0.1, 0.15) is 37.5 Å². The topological polar surface area (TPSA) is 72.9 Å². The highest BCUT2D eigenvalue weighted by Crippen LogP contribution is 2.32. The fraction of sp³-hybridized carbons (Fsp3) is 0.562. The van der Waals surface area contributed by atoms with E-state index >= 15 is 0 Å². The van der Waals surface area contributed by atoms with Gasteiger partial charge in [-0.3, -0.25) is 0 Å². The molecule has 1 amide bonds. The van der Waals surface area contributed by atoms with Crippen LogP contribution in [0.2, 0.25) is 0 Å². The lowest BCUT2D eigenvalue weighted by molar-refractivity contribution is -0.0500. The highest BCUT2D eigenvalue weighted by Gasteiger charge is 2.48. The lowest BCUT2D eigenvalue weighted by Crippen LogP contribution is -2.40. The van der Waals surface area contributed by atoms with Crippen molar-refractivity contribution in [3.8, 4) is 5.75 Å². The minimum Gasteiger partial charge on any atom is -0.444 e. The smallest absolute Gasteiger partial charge is 0.444 e. The number of hydrogen-bond donors (Lipinski definition) is 0. The van der Waals surface area contributed by atoms with E-state index in [0.717, 1.165) is 5.56 Å². The van der Waals surface area contributed by atoms with Crippen LogP contribution < -0.4 is 4.18 Å². The minimum atomic E-state index is -5.72. The van der Waals surface area contributed by atoms with Gasteiger partial charge in [0.05, 0.1) is 0 Å². The number of nitrogens with zero attached hydrogens (tertiary/aromatic N) is 1. The Hall–Kier alpha value is -1.97. The van der Waals surface area contributed by atoms with E-state index in [-0.39, 0.29) is 6.54 Å². The second-order valence-electron chi connectivity index (χ2n) is 7.01. The van der Waals surface area contributed by atoms with Gasteiger partial charge in [-0.15, -0.1) is 0 Å². The van der Waals surface area contributed by atoms with Gasteiger partial charge in [0.1, 0.15) is 11.4 Å². The molecular weight excluding hydrogens is 375 g/mol. The predicted molar refractivity (Wildman–Crippen MR) is 87.1 cm³/mol. The summed E-state index contributed by atoms with van der Waals surface area (Å²) in [5, 5.41) is 0. The number of halogens is 3. The van der Waals surface area contributed by atoms with Gasteiger partial charge < -0.3 is 13.8 Å². The molecule has 2 rings (SSSR count). The van der Waals surface area contributed by atoms with Crippen LogP contribution in [-0.4, -0.2) is 37.1 Å². The summed E-state index contributed by atoms with van der Waals surface area (Å²) < 4.78 is 69.2. The molecule has 0 bridgehead atoms. The van der Waals surface area contributed by atoms with Gasteiger partial charge in [-0.1, -0.05) is 0 Å². The van der Waals surface area contributed by atoms with E-state index in [1.54, 1.807) is 27.7 Å². The molecule has 26 heavy (non-hydrogen) atoms. The van der Waals surface area contributed by atoms with Crippen molar-refractivity contribution in [1.82, 2.24) is 4.90 Å². The van der Waals surface area contributed by atoms with Crippen molar-refractivity contribution in [3.63, 3.8) is 0 Å². The summed E-state index contributed by atoms with van der Waals surface area (Å²) in [5.74, 6) is -0.399. The van der Waals surface area contributed by atoms with E-state index in [1.807, 2.05) is 0 Å². The van der Waals surface area contributed by atoms with Crippen molar-refractivity contribution >= 4 is 16.2 Å². The molecular formula is C16H20F3NO5S. The van der Waals surface area contributed by atoms with E-state index in [9.17, 15) is 26.4 Å². The zero-order valence-corrected chi connectivity index (χ0v) is 15.6. The Morgan fingerprint density at radius 3 is 2.35 bits per heavy atom. The number of aryl methyl sites for hydroxylation is 1. The molecule has 0 unspecified atom stereocenters. The van der Waals surface area contributed by atoms with Crippen LogP contribution in [0.4, 0.5) is 18.0 Å². The first-order chi connectivity index (χ1) is 11.7. The average molecular weight is 395 g/mol. The maximum Gasteiger partial charge on any atom is 0.534 e. The van der Waals surface area contributed by atoms with Crippen molar-refractivity contribution in [1.29, 1.82) is 0 Å². The molecule has 6 nitrogen and oxygen atoms in total. The van der Waals surface area contributed by atoms with Crippen LogP contribution >= 0.6 is 0 Å². The highest BCUT2D eigenvalue weighted by atomic mass is 32.2. The summed E-state index contributed by atoms with van der Waals surface area (Å²) in [5.41, 5.74) is -4.24. The van der Waals surface area contributed by atoms with Crippen molar-refractivity contribution in [2.75, 3.05) is 6.54 Å². The van der Waals surface area contributed by atoms with E-state index < -0.39 is 33.1 Å². The Morgan fingerprint density at radius 2 is 1.81 bits per heavy atom. The molecule has 0 radical (unpaired) electrons. The van der Waals surface area contributed by atoms with Crippen LogP contribution in [-0.2, 0) is 27.8 Å². The Morgan fingerprint density at radius 1 is 1.19 bits per heavy atom. The van der Waals surface area contributed by atoms with Crippen molar-refractivity contribution in [3.05, 3.63) is 28.8 Å². The first-order valence-corrected chi connectivity index (χ1v) is 9.21. The number of carbonyl (C=O) groups excluding carboxylic acids is 1. The first kappa shape index (κ1) is 20.3. The minimum absolute atomic E-state index is 0.225. The molecule has 0 saturated heterocycles. The molecule has 0 N–H and O–H groups in total. The largest absolute Gasteiger partial charge is 0.534 e. The van der Waals surface area contributed by atoms with Crippen molar-refractivity contribution in [2.24, 2.45) is 0 Å². The molecule has 10 heteroatoms. The third-order valence-corrected chi connectivity index (χ3v) is 4.66. The highest BCUT2D eigenvalue weighted by molar-refractivity contribution is 7.88. The molecule has 0 spiro atoms. The fourth-order valence-corrected chi connectivity index (χ4v) is 2.98. The number of alkyl halides is 3. The summed E-state index contributed by atoms with van der Waals surface area (Å²) in [4.78, 5) is 13.7. The summed E-state index contributed by atoms with van der Waals surface area (Å²) >= 11 is 0. The molecule has 1 heterocycles. The first-order valence-electron chi connectivity index (χ1n) is 7.81. The molecule has 0 fully saturated rings. The SMILES string of the molecule is Cc1cc(OS(=O)(=O)C(F)(F)F)cc2c1CN(C(=O)OC(C)(C)C)CC2. The number of amides is 1. The van der Waals surface area contributed by atoms with Gasteiger partial charge in [-0.2, -0.15) is 21.6 Å². The second-order valence-corrected chi connectivity index (χ2v) is 8.55. The van der Waals surface area contributed by atoms with Crippen molar-refractivity contribution < 1.29 is 35.3 Å². The Kier molecular flexibility index (Phi) is 5.19. The Balaban J connectivity index is 2.23. The van der Waals surface area contributed by atoms with Crippen LogP contribution in [0.25, 0.3) is 0 Å². The third-order valence-electron chi connectivity index (χ3n) is 3.68. The maximum absolute atomic E-state index is 12.5. The van der Waals surface area contributed by atoms with Gasteiger partial charge in [-0.05, 0) is 62.9 Å². The van der Waals surface area contributed by atoms with Gasteiger partial charge in [0.15, 0.2) is 0 Å². The molecule has 146 valence electrons. The number of fused-ring (bicyclic) bond motifs is 1. The lowest BCUT2D eigenvalue weighted by atomic mass is 9.95. The van der Waals surface area contributed by atoms with E-state index in [0.29, 0.717) is 24.1 Å². The molecule has 1 aromatic rings. The predicted octanol–water partition coefficient (Wildman–Crippen LogP) is 3.52. The van der Waals surface area contributed by atoms with Crippen molar-refractivity contribution in [2.45, 2.75) is 51.8 Å². The number of ether oxygens (including phenoxy) is 1. The second kappa shape index (κ2) is 6.64. The maximum atomic E-state index is 12.5. The fourth-order valence-electron chi connectivity index (χ4n) is 2.53. The summed E-state index contributed by atoms with van der Waals surface area (Å²) in [6, 6.07) is 2.47. The number of hydrogen-bond acceptors (Lipinski definition) is 5. The van der Waals surface area contributed by atoms with Gasteiger partial charge >= 0.3 is 21.7 Å². The normalized spacial score (nSPS) is 15.4. The molecule has 0 atom stereocenters. The van der Waals surface area contributed by atoms with E-state index in [4.69, 9.17) is 4.74 Å². The van der Waals surface area contributed by atoms with Gasteiger partial charge in [0.25, 0.3) is 0 Å². The van der Waals surface area contributed by atoms with E-state index in [2.05, 4.69) is 4.18 Å². The average Bonchev–Trinajstić information content (AvgIpc) is 2.43. The third kappa shape index (κ3) is 4.60. The quantitative estimate of drug-likeness (QED) is 0.566. The number of benzene rings is 1. The number of rotatable bonds is 2. The molecule has 1 aliphatic heterocycles. The lowest BCUT2D eigenvalue weighted by Gasteiger charge is -2.32. The van der Waals surface area contributed by atoms with Crippen LogP contribution in [0.5, 0.6) is 5.75 Å². The number of carbonyl (C=O) groups is 1. The van der Waals surface area contributed by atoms with Crippen LogP contribution in [0, 0.1) is 6.92 Å². The Labute approximate surface area is 150 Å². The van der Waals surface area contributed by atoms with E-state index in [1.165, 1.54) is 17.0 Å². The zero-order valence-electron chi connectivity index (χ0n) is 14.8. The molecule has 0 aliphatic carbocycles. The van der Waals surface area contributed by atoms with Gasteiger partial charge in [0.2, 0.25) is 0 Å². The monoisotopic (exact) mass is 395 g/mol. The van der Waals surface area contributed by atoms with Crippen LogP contribution in [0.3, 0.4) is 0 Å². The molecule has 1 aliphatic rings. The van der Waals surface area contributed by atoms with Crippen LogP contribution in [0.15, 0.2) is 12.1 Å². The molecule has 0 aromatic heterocycles. The standard InChI is InChI=1S/C16H20F3NO5S/c1-10-7-12(25-26(22,23)16(17,18)19)8-11-5-6-20(9-13(10)11)14(21)24-15(2,3)4/h7-8H,5-6,9H2,1-4H3. The summed E-state index contributed by atoms with van der Waals surface area (Å²) in [7, 11) is -5.72. The molecule has 1 aromatic carbocycles. The Bertz CT molecular complexity index is 812. The van der Waals surface area contributed by atoms with Gasteiger partial charge in [0, 0.05) is 13.1 Å².